The zero-order valence-corrected chi connectivity index (χ0v) is 13.1. The Balaban J connectivity index is 1.57. The fourth-order valence-electron chi connectivity index (χ4n) is 2.50. The Kier molecular flexibility index (Phi) is 4.34. The summed E-state index contributed by atoms with van der Waals surface area (Å²) in [5.41, 5.74) is 0.824. The molecule has 1 N–H and O–H groups in total. The average Bonchev–Trinajstić information content (AvgIpc) is 2.53. The van der Waals surface area contributed by atoms with Gasteiger partial charge in [-0.2, -0.15) is 0 Å². The second-order valence-corrected chi connectivity index (χ2v) is 5.94. The molecule has 3 rings (SSSR count). The summed E-state index contributed by atoms with van der Waals surface area (Å²) in [6.45, 7) is 1.81. The minimum Gasteiger partial charge on any atom is -0.382 e. The third-order valence-electron chi connectivity index (χ3n) is 3.62. The minimum atomic E-state index is -0.241. The molecule has 0 unspecified atom stereocenters. The van der Waals surface area contributed by atoms with E-state index in [9.17, 15) is 4.39 Å². The highest BCUT2D eigenvalue weighted by atomic mass is 79.9. The first kappa shape index (κ1) is 14.3. The molecule has 6 heteroatoms. The molecule has 1 saturated heterocycles. The largest absolute Gasteiger partial charge is 0.382 e. The van der Waals surface area contributed by atoms with Gasteiger partial charge in [0.2, 0.25) is 5.95 Å². The van der Waals surface area contributed by atoms with E-state index in [4.69, 9.17) is 0 Å². The number of nitrogens with one attached hydrogen (secondary N) is 1. The smallest absolute Gasteiger partial charge is 0.225 e. The molecule has 1 aromatic carbocycles. The molecule has 0 atom stereocenters. The Morgan fingerprint density at radius 2 is 1.90 bits per heavy atom. The number of anilines is 2. The van der Waals surface area contributed by atoms with Crippen molar-refractivity contribution in [1.82, 2.24) is 9.97 Å². The van der Waals surface area contributed by atoms with Crippen molar-refractivity contribution in [2.75, 3.05) is 23.3 Å². The number of hydrogen-bond acceptors (Lipinski definition) is 4. The molecule has 0 saturated carbocycles. The van der Waals surface area contributed by atoms with Crippen molar-refractivity contribution in [2.45, 2.75) is 18.9 Å². The van der Waals surface area contributed by atoms with E-state index in [-0.39, 0.29) is 5.82 Å². The lowest BCUT2D eigenvalue weighted by Crippen LogP contribution is -2.39. The van der Waals surface area contributed by atoms with Crippen LogP contribution in [-0.4, -0.2) is 29.1 Å². The lowest BCUT2D eigenvalue weighted by atomic mass is 10.0. The van der Waals surface area contributed by atoms with E-state index >= 15 is 0 Å². The summed E-state index contributed by atoms with van der Waals surface area (Å²) in [6, 6.07) is 7.31. The van der Waals surface area contributed by atoms with Gasteiger partial charge in [-0.15, -0.1) is 0 Å². The second-order valence-electron chi connectivity index (χ2n) is 5.08. The summed E-state index contributed by atoms with van der Waals surface area (Å²) in [6.07, 6.45) is 5.49. The summed E-state index contributed by atoms with van der Waals surface area (Å²) in [5, 5.41) is 3.39. The van der Waals surface area contributed by atoms with E-state index in [0.29, 0.717) is 10.5 Å². The van der Waals surface area contributed by atoms with Crippen molar-refractivity contribution in [3.8, 4) is 0 Å². The van der Waals surface area contributed by atoms with Crippen molar-refractivity contribution in [3.63, 3.8) is 0 Å². The number of benzene rings is 1. The fraction of sp³-hybridized carbons (Fsp3) is 0.333. The average molecular weight is 351 g/mol. The molecule has 110 valence electrons. The lowest BCUT2D eigenvalue weighted by Gasteiger charge is -2.32. The van der Waals surface area contributed by atoms with Crippen LogP contribution in [0, 0.1) is 5.82 Å². The van der Waals surface area contributed by atoms with Gasteiger partial charge in [-0.3, -0.25) is 0 Å². The quantitative estimate of drug-likeness (QED) is 0.920. The van der Waals surface area contributed by atoms with Crippen molar-refractivity contribution < 1.29 is 4.39 Å². The molecule has 0 radical (unpaired) electrons. The monoisotopic (exact) mass is 350 g/mol. The highest BCUT2D eigenvalue weighted by molar-refractivity contribution is 9.10. The first-order valence-electron chi connectivity index (χ1n) is 6.96. The Morgan fingerprint density at radius 1 is 1.19 bits per heavy atom. The Morgan fingerprint density at radius 3 is 2.57 bits per heavy atom. The maximum atomic E-state index is 13.5. The molecular weight excluding hydrogens is 335 g/mol. The number of nitrogens with zero attached hydrogens (tertiary/aromatic N) is 3. The van der Waals surface area contributed by atoms with E-state index in [2.05, 4.69) is 36.1 Å². The SMILES string of the molecule is Fc1cc(NC2CCN(c3ncccn3)CC2)ccc1Br. The molecule has 1 aliphatic rings. The summed E-state index contributed by atoms with van der Waals surface area (Å²) < 4.78 is 14.0. The minimum absolute atomic E-state index is 0.241. The summed E-state index contributed by atoms with van der Waals surface area (Å²) in [4.78, 5) is 10.7. The van der Waals surface area contributed by atoms with Crippen LogP contribution in [0.15, 0.2) is 41.1 Å². The molecule has 4 nitrogen and oxygen atoms in total. The van der Waals surface area contributed by atoms with E-state index < -0.39 is 0 Å². The summed E-state index contributed by atoms with van der Waals surface area (Å²) in [5.74, 6) is 0.542. The number of halogens is 2. The molecular formula is C15H16BrFN4. The lowest BCUT2D eigenvalue weighted by molar-refractivity contribution is 0.519. The van der Waals surface area contributed by atoms with Gasteiger partial charge in [-0.05, 0) is 53.0 Å². The van der Waals surface area contributed by atoms with Gasteiger partial charge >= 0.3 is 0 Å². The zero-order chi connectivity index (χ0) is 14.7. The number of rotatable bonds is 3. The van der Waals surface area contributed by atoms with Crippen LogP contribution in [0.1, 0.15) is 12.8 Å². The third kappa shape index (κ3) is 3.50. The van der Waals surface area contributed by atoms with Gasteiger partial charge in [0.1, 0.15) is 5.82 Å². The maximum Gasteiger partial charge on any atom is 0.225 e. The highest BCUT2D eigenvalue weighted by Gasteiger charge is 2.20. The highest BCUT2D eigenvalue weighted by Crippen LogP contribution is 2.22. The molecule has 1 fully saturated rings. The Bertz CT molecular complexity index is 600. The van der Waals surface area contributed by atoms with Crippen LogP contribution in [-0.2, 0) is 0 Å². The molecule has 0 spiro atoms. The third-order valence-corrected chi connectivity index (χ3v) is 4.26. The van der Waals surface area contributed by atoms with E-state index in [1.165, 1.54) is 6.07 Å². The van der Waals surface area contributed by atoms with E-state index in [1.54, 1.807) is 18.5 Å². The predicted molar refractivity (Wildman–Crippen MR) is 85.0 cm³/mol. The van der Waals surface area contributed by atoms with Gasteiger partial charge < -0.3 is 10.2 Å². The normalized spacial score (nSPS) is 16.0. The number of hydrogen-bond donors (Lipinski definition) is 1. The van der Waals surface area contributed by atoms with Crippen LogP contribution in [0.25, 0.3) is 0 Å². The Labute approximate surface area is 131 Å². The molecule has 21 heavy (non-hydrogen) atoms. The topological polar surface area (TPSA) is 41.0 Å². The van der Waals surface area contributed by atoms with Crippen molar-refractivity contribution >= 4 is 27.6 Å². The van der Waals surface area contributed by atoms with E-state index in [1.807, 2.05) is 12.1 Å². The first-order valence-corrected chi connectivity index (χ1v) is 7.75. The molecule has 2 heterocycles. The van der Waals surface area contributed by atoms with Crippen LogP contribution in [0.2, 0.25) is 0 Å². The van der Waals surface area contributed by atoms with Crippen LogP contribution in [0.5, 0.6) is 0 Å². The van der Waals surface area contributed by atoms with Gasteiger partial charge in [0, 0.05) is 37.2 Å². The van der Waals surface area contributed by atoms with Crippen LogP contribution in [0.4, 0.5) is 16.0 Å². The van der Waals surface area contributed by atoms with Gasteiger partial charge in [0.25, 0.3) is 0 Å². The van der Waals surface area contributed by atoms with Gasteiger partial charge in [0.05, 0.1) is 4.47 Å². The molecule has 0 amide bonds. The van der Waals surface area contributed by atoms with Gasteiger partial charge in [-0.1, -0.05) is 0 Å². The van der Waals surface area contributed by atoms with Gasteiger partial charge in [0.15, 0.2) is 0 Å². The van der Waals surface area contributed by atoms with Gasteiger partial charge in [-0.25, -0.2) is 14.4 Å². The summed E-state index contributed by atoms with van der Waals surface area (Å²) >= 11 is 3.16. The summed E-state index contributed by atoms with van der Waals surface area (Å²) in [7, 11) is 0. The Hall–Kier alpha value is -1.69. The molecule has 0 aliphatic carbocycles. The first-order chi connectivity index (χ1) is 10.2. The second kappa shape index (κ2) is 6.39. The zero-order valence-electron chi connectivity index (χ0n) is 11.5. The van der Waals surface area contributed by atoms with Crippen molar-refractivity contribution in [2.24, 2.45) is 0 Å². The van der Waals surface area contributed by atoms with Crippen LogP contribution < -0.4 is 10.2 Å². The van der Waals surface area contributed by atoms with Crippen molar-refractivity contribution in [3.05, 3.63) is 46.9 Å². The molecule has 1 aromatic heterocycles. The fourth-order valence-corrected chi connectivity index (χ4v) is 2.75. The number of aromatic nitrogens is 2. The standard InChI is InChI=1S/C15H16BrFN4/c16-13-3-2-12(10-14(13)17)20-11-4-8-21(9-5-11)15-18-6-1-7-19-15/h1-3,6-7,10-11,20H,4-5,8-9H2. The molecule has 0 bridgehead atoms. The number of piperidine rings is 1. The predicted octanol–water partition coefficient (Wildman–Crippen LogP) is 3.46. The maximum absolute atomic E-state index is 13.5. The van der Waals surface area contributed by atoms with Crippen molar-refractivity contribution in [1.29, 1.82) is 0 Å². The van der Waals surface area contributed by atoms with Crippen LogP contribution in [0.3, 0.4) is 0 Å². The van der Waals surface area contributed by atoms with Crippen LogP contribution >= 0.6 is 15.9 Å². The van der Waals surface area contributed by atoms with E-state index in [0.717, 1.165) is 37.6 Å². The molecule has 1 aliphatic heterocycles. The molecule has 2 aromatic rings.